The summed E-state index contributed by atoms with van der Waals surface area (Å²) in [5, 5.41) is 4.86. The largest absolute Gasteiger partial charge is 0.340 e. The topological polar surface area (TPSA) is 62.3 Å². The fourth-order valence-electron chi connectivity index (χ4n) is 2.74. The van der Waals surface area contributed by atoms with Crippen LogP contribution in [0.5, 0.6) is 0 Å². The minimum Gasteiger partial charge on any atom is -0.340 e. The quantitative estimate of drug-likeness (QED) is 0.903. The molecule has 2 heterocycles. The van der Waals surface area contributed by atoms with Gasteiger partial charge in [-0.2, -0.15) is 0 Å². The van der Waals surface area contributed by atoms with Gasteiger partial charge in [-0.05, 0) is 19.3 Å². The number of piperazine rings is 1. The first-order valence-corrected chi connectivity index (χ1v) is 8.02. The minimum absolute atomic E-state index is 0.0157. The molecular weight excluding hydrogens is 274 g/mol. The molecule has 1 aliphatic rings. The van der Waals surface area contributed by atoms with Crippen LogP contribution in [0, 0.1) is 0 Å². The highest BCUT2D eigenvalue weighted by Crippen LogP contribution is 2.27. The van der Waals surface area contributed by atoms with Crippen molar-refractivity contribution in [2.45, 2.75) is 58.2 Å². The number of aromatic nitrogens is 1. The summed E-state index contributed by atoms with van der Waals surface area (Å²) in [7, 11) is 0. The molecule has 1 aliphatic heterocycles. The van der Waals surface area contributed by atoms with Crippen molar-refractivity contribution in [3.05, 3.63) is 16.6 Å². The van der Waals surface area contributed by atoms with Gasteiger partial charge < -0.3 is 10.2 Å². The molecule has 0 bridgehead atoms. The molecule has 0 aliphatic carbocycles. The van der Waals surface area contributed by atoms with Crippen LogP contribution in [-0.4, -0.2) is 33.3 Å². The van der Waals surface area contributed by atoms with Crippen LogP contribution in [0.15, 0.2) is 10.9 Å². The van der Waals surface area contributed by atoms with Crippen molar-refractivity contribution in [3.8, 4) is 0 Å². The van der Waals surface area contributed by atoms with Crippen molar-refractivity contribution >= 4 is 23.2 Å². The number of amides is 2. The normalized spacial score (nSPS) is 21.9. The molecule has 0 radical (unpaired) electrons. The van der Waals surface area contributed by atoms with Crippen LogP contribution in [0.2, 0.25) is 0 Å². The zero-order chi connectivity index (χ0) is 14.8. The lowest BCUT2D eigenvalue weighted by Gasteiger charge is -2.45. The van der Waals surface area contributed by atoms with Gasteiger partial charge in [-0.15, -0.1) is 11.3 Å². The monoisotopic (exact) mass is 295 g/mol. The predicted molar refractivity (Wildman–Crippen MR) is 78.2 cm³/mol. The first-order chi connectivity index (χ1) is 9.57. The molecule has 6 heteroatoms. The van der Waals surface area contributed by atoms with Gasteiger partial charge in [0.25, 0.3) is 0 Å². The van der Waals surface area contributed by atoms with Crippen LogP contribution in [0.4, 0.5) is 0 Å². The van der Waals surface area contributed by atoms with Gasteiger partial charge in [0.15, 0.2) is 0 Å². The highest BCUT2D eigenvalue weighted by molar-refractivity contribution is 7.07. The van der Waals surface area contributed by atoms with E-state index < -0.39 is 11.6 Å². The van der Waals surface area contributed by atoms with Crippen molar-refractivity contribution in [1.82, 2.24) is 15.2 Å². The van der Waals surface area contributed by atoms with Gasteiger partial charge in [0, 0.05) is 5.38 Å². The molecule has 1 atom stereocenters. The van der Waals surface area contributed by atoms with E-state index in [-0.39, 0.29) is 11.8 Å². The van der Waals surface area contributed by atoms with Gasteiger partial charge in [0.1, 0.15) is 11.6 Å². The smallest absolute Gasteiger partial charge is 0.249 e. The lowest BCUT2D eigenvalue weighted by atomic mass is 9.86. The SMILES string of the molecule is CCC1C(=O)NC(CC)(CC)C(=O)N1Cc1cscn1. The third kappa shape index (κ3) is 2.44. The Balaban J connectivity index is 2.32. The van der Waals surface area contributed by atoms with Crippen molar-refractivity contribution in [3.63, 3.8) is 0 Å². The zero-order valence-electron chi connectivity index (χ0n) is 12.2. The highest BCUT2D eigenvalue weighted by Gasteiger charge is 2.48. The Kier molecular flexibility index (Phi) is 4.42. The summed E-state index contributed by atoms with van der Waals surface area (Å²) in [5.41, 5.74) is 1.84. The van der Waals surface area contributed by atoms with Crippen LogP contribution in [0.3, 0.4) is 0 Å². The van der Waals surface area contributed by atoms with E-state index in [9.17, 15) is 9.59 Å². The summed E-state index contributed by atoms with van der Waals surface area (Å²) in [4.78, 5) is 31.1. The summed E-state index contributed by atoms with van der Waals surface area (Å²) in [6.45, 7) is 6.22. The first-order valence-electron chi connectivity index (χ1n) is 7.08. The highest BCUT2D eigenvalue weighted by atomic mass is 32.1. The molecule has 2 amide bonds. The number of nitrogens with one attached hydrogen (secondary N) is 1. The molecule has 1 aromatic heterocycles. The Morgan fingerprint density at radius 2 is 2.05 bits per heavy atom. The van der Waals surface area contributed by atoms with Crippen molar-refractivity contribution in [1.29, 1.82) is 0 Å². The first kappa shape index (κ1) is 15.0. The van der Waals surface area contributed by atoms with E-state index in [1.807, 2.05) is 26.2 Å². The van der Waals surface area contributed by atoms with E-state index >= 15 is 0 Å². The average Bonchev–Trinajstić information content (AvgIpc) is 2.96. The van der Waals surface area contributed by atoms with E-state index in [2.05, 4.69) is 10.3 Å². The molecule has 1 saturated heterocycles. The van der Waals surface area contributed by atoms with Crippen LogP contribution < -0.4 is 5.32 Å². The fourth-order valence-corrected chi connectivity index (χ4v) is 3.29. The van der Waals surface area contributed by atoms with E-state index in [0.29, 0.717) is 25.8 Å². The standard InChI is InChI=1S/C14H21N3O2S/c1-4-11-12(18)16-14(5-2,6-3)13(19)17(11)7-10-8-20-9-15-10/h8-9,11H,4-7H2,1-3H3,(H,16,18). The lowest BCUT2D eigenvalue weighted by Crippen LogP contribution is -2.69. The molecule has 1 fully saturated rings. The van der Waals surface area contributed by atoms with Crippen LogP contribution in [0.25, 0.3) is 0 Å². The van der Waals surface area contributed by atoms with Gasteiger partial charge >= 0.3 is 0 Å². The molecule has 0 spiro atoms. The number of rotatable bonds is 5. The summed E-state index contributed by atoms with van der Waals surface area (Å²) in [6, 6.07) is -0.393. The number of hydrogen-bond donors (Lipinski definition) is 1. The van der Waals surface area contributed by atoms with E-state index in [4.69, 9.17) is 0 Å². The minimum atomic E-state index is -0.751. The Morgan fingerprint density at radius 3 is 2.55 bits per heavy atom. The third-order valence-corrected chi connectivity index (χ3v) is 4.76. The van der Waals surface area contributed by atoms with Crippen molar-refractivity contribution < 1.29 is 9.59 Å². The number of hydrogen-bond acceptors (Lipinski definition) is 4. The number of carbonyl (C=O) groups excluding carboxylic acids is 2. The molecule has 1 unspecified atom stereocenters. The Labute approximate surface area is 123 Å². The molecule has 0 aromatic carbocycles. The molecule has 110 valence electrons. The van der Waals surface area contributed by atoms with E-state index in [1.165, 1.54) is 11.3 Å². The van der Waals surface area contributed by atoms with Gasteiger partial charge in [-0.25, -0.2) is 4.98 Å². The predicted octanol–water partition coefficient (Wildman–Crippen LogP) is 1.94. The maximum atomic E-state index is 12.8. The molecule has 0 saturated carbocycles. The summed E-state index contributed by atoms with van der Waals surface area (Å²) >= 11 is 1.50. The zero-order valence-corrected chi connectivity index (χ0v) is 13.0. The molecule has 2 rings (SSSR count). The number of nitrogens with zero attached hydrogens (tertiary/aromatic N) is 2. The Morgan fingerprint density at radius 1 is 1.35 bits per heavy atom. The lowest BCUT2D eigenvalue weighted by molar-refractivity contribution is -0.156. The fraction of sp³-hybridized carbons (Fsp3) is 0.643. The van der Waals surface area contributed by atoms with Gasteiger partial charge in [-0.3, -0.25) is 9.59 Å². The second kappa shape index (κ2) is 5.91. The molecule has 20 heavy (non-hydrogen) atoms. The number of carbonyl (C=O) groups is 2. The Hall–Kier alpha value is -1.43. The average molecular weight is 295 g/mol. The Bertz CT molecular complexity index is 483. The van der Waals surface area contributed by atoms with Gasteiger partial charge in [0.05, 0.1) is 17.7 Å². The molecular formula is C14H21N3O2S. The van der Waals surface area contributed by atoms with Crippen LogP contribution in [-0.2, 0) is 16.1 Å². The van der Waals surface area contributed by atoms with Crippen molar-refractivity contribution in [2.24, 2.45) is 0 Å². The van der Waals surface area contributed by atoms with Crippen LogP contribution >= 0.6 is 11.3 Å². The number of thiazole rings is 1. The van der Waals surface area contributed by atoms with Crippen LogP contribution in [0.1, 0.15) is 45.7 Å². The maximum absolute atomic E-state index is 12.8. The van der Waals surface area contributed by atoms with E-state index in [0.717, 1.165) is 5.69 Å². The molecule has 1 N–H and O–H groups in total. The summed E-state index contributed by atoms with van der Waals surface area (Å²) in [5.74, 6) is -0.0343. The maximum Gasteiger partial charge on any atom is 0.249 e. The third-order valence-electron chi connectivity index (χ3n) is 4.12. The summed E-state index contributed by atoms with van der Waals surface area (Å²) in [6.07, 6.45) is 1.83. The van der Waals surface area contributed by atoms with Crippen molar-refractivity contribution in [2.75, 3.05) is 0 Å². The second-order valence-electron chi connectivity index (χ2n) is 5.12. The second-order valence-corrected chi connectivity index (χ2v) is 5.83. The summed E-state index contributed by atoms with van der Waals surface area (Å²) < 4.78 is 0. The molecule has 5 nitrogen and oxygen atoms in total. The van der Waals surface area contributed by atoms with Gasteiger partial charge in [0.2, 0.25) is 11.8 Å². The van der Waals surface area contributed by atoms with Gasteiger partial charge in [-0.1, -0.05) is 20.8 Å². The molecule has 1 aromatic rings. The van der Waals surface area contributed by atoms with E-state index in [1.54, 1.807) is 10.4 Å².